The number of carboxylic acids is 1. The summed E-state index contributed by atoms with van der Waals surface area (Å²) in [5.41, 5.74) is 4.35. The summed E-state index contributed by atoms with van der Waals surface area (Å²) in [4.78, 5) is 36.4. The predicted molar refractivity (Wildman–Crippen MR) is 120 cm³/mol. The van der Waals surface area contributed by atoms with Gasteiger partial charge in [-0.3, -0.25) is 4.79 Å². The molecule has 0 saturated carbocycles. The van der Waals surface area contributed by atoms with E-state index in [-0.39, 0.29) is 24.9 Å². The Labute approximate surface area is 187 Å². The lowest BCUT2D eigenvalue weighted by atomic mass is 9.98. The molecule has 0 fully saturated rings. The molecule has 2 amide bonds. The molecule has 0 bridgehead atoms. The van der Waals surface area contributed by atoms with Gasteiger partial charge in [0.25, 0.3) is 0 Å². The van der Waals surface area contributed by atoms with Gasteiger partial charge in [-0.05, 0) is 28.2 Å². The monoisotopic (exact) mass is 434 g/mol. The lowest BCUT2D eigenvalue weighted by molar-refractivity contribution is -0.143. The molecule has 7 nitrogen and oxygen atoms in total. The van der Waals surface area contributed by atoms with Crippen LogP contribution in [0.4, 0.5) is 4.79 Å². The number of hydrogen-bond acceptors (Lipinski definition) is 4. The molecule has 0 heterocycles. The highest BCUT2D eigenvalue weighted by atomic mass is 16.5. The Morgan fingerprint density at radius 1 is 1.03 bits per heavy atom. The van der Waals surface area contributed by atoms with Crippen molar-refractivity contribution < 1.29 is 24.2 Å². The Morgan fingerprint density at radius 3 is 2.09 bits per heavy atom. The predicted octanol–water partition coefficient (Wildman–Crippen LogP) is 3.14. The molecule has 166 valence electrons. The van der Waals surface area contributed by atoms with Crippen LogP contribution in [0.3, 0.4) is 0 Å². The van der Waals surface area contributed by atoms with Crippen molar-refractivity contribution in [2.75, 3.05) is 6.61 Å². The summed E-state index contributed by atoms with van der Waals surface area (Å²) in [6, 6.07) is 13.7. The van der Waals surface area contributed by atoms with Crippen LogP contribution in [0.25, 0.3) is 11.1 Å². The van der Waals surface area contributed by atoms with Gasteiger partial charge in [0.15, 0.2) is 0 Å². The van der Waals surface area contributed by atoms with E-state index in [0.717, 1.165) is 22.3 Å². The minimum atomic E-state index is -1.16. The molecule has 0 aliphatic heterocycles. The van der Waals surface area contributed by atoms with E-state index < -0.39 is 30.1 Å². The summed E-state index contributed by atoms with van der Waals surface area (Å²) in [5, 5.41) is 14.2. The maximum atomic E-state index is 12.5. The summed E-state index contributed by atoms with van der Waals surface area (Å²) >= 11 is 0. The third-order valence-corrected chi connectivity index (χ3v) is 5.50. The summed E-state index contributed by atoms with van der Waals surface area (Å²) in [6.07, 6.45) is 4.44. The molecule has 2 aromatic rings. The normalized spacial score (nSPS) is 13.9. The van der Waals surface area contributed by atoms with Gasteiger partial charge < -0.3 is 20.5 Å². The summed E-state index contributed by atoms with van der Waals surface area (Å²) in [7, 11) is 0. The number of aliphatic carboxylic acids is 1. The summed E-state index contributed by atoms with van der Waals surface area (Å²) in [5.74, 6) is 0.0474. The Kier molecular flexibility index (Phi) is 7.16. The highest BCUT2D eigenvalue weighted by Gasteiger charge is 2.31. The molecule has 0 spiro atoms. The van der Waals surface area contributed by atoms with Crippen LogP contribution in [0.15, 0.2) is 48.5 Å². The van der Waals surface area contributed by atoms with Crippen LogP contribution >= 0.6 is 0 Å². The molecule has 2 aromatic carbocycles. The van der Waals surface area contributed by atoms with E-state index in [1.807, 2.05) is 48.5 Å². The number of ether oxygens (including phenoxy) is 1. The van der Waals surface area contributed by atoms with E-state index in [4.69, 9.17) is 11.2 Å². The highest BCUT2D eigenvalue weighted by molar-refractivity contribution is 5.89. The second-order valence-corrected chi connectivity index (χ2v) is 8.00. The number of nitrogens with one attached hydrogen (secondary N) is 2. The molecule has 32 heavy (non-hydrogen) atoms. The standard InChI is InChI=1S/C25H26N2O5/c1-4-9-21(23(28)27-22(15(2)3)24(29)30)26-25(31)32-14-20-18-12-7-5-10-16(18)17-11-6-8-13-19(17)20/h1,5-8,10-13,15,20-22H,9,14H2,2-3H3,(H,26,31)(H,27,28)(H,29,30). The zero-order valence-corrected chi connectivity index (χ0v) is 18.0. The van der Waals surface area contributed by atoms with Gasteiger partial charge in [-0.15, -0.1) is 12.3 Å². The van der Waals surface area contributed by atoms with Crippen LogP contribution in [0.2, 0.25) is 0 Å². The molecular formula is C25H26N2O5. The molecule has 3 rings (SSSR count). The van der Waals surface area contributed by atoms with Crippen molar-refractivity contribution in [2.24, 2.45) is 5.92 Å². The Balaban J connectivity index is 1.66. The lowest BCUT2D eigenvalue weighted by Crippen LogP contribution is -2.53. The van der Waals surface area contributed by atoms with Crippen LogP contribution in [0, 0.1) is 18.3 Å². The maximum absolute atomic E-state index is 12.5. The first kappa shape index (κ1) is 22.9. The van der Waals surface area contributed by atoms with E-state index in [0.29, 0.717) is 0 Å². The van der Waals surface area contributed by atoms with Gasteiger partial charge in [0, 0.05) is 12.3 Å². The van der Waals surface area contributed by atoms with E-state index >= 15 is 0 Å². The quantitative estimate of drug-likeness (QED) is 0.554. The fraction of sp³-hybridized carbons (Fsp3) is 0.320. The lowest BCUT2D eigenvalue weighted by Gasteiger charge is -2.22. The van der Waals surface area contributed by atoms with Gasteiger partial charge in [0.1, 0.15) is 18.7 Å². The first-order valence-corrected chi connectivity index (χ1v) is 10.4. The molecule has 0 aromatic heterocycles. The fourth-order valence-corrected chi connectivity index (χ4v) is 3.88. The summed E-state index contributed by atoms with van der Waals surface area (Å²) in [6.45, 7) is 3.44. The molecule has 7 heteroatoms. The van der Waals surface area contributed by atoms with Crippen molar-refractivity contribution >= 4 is 18.0 Å². The molecule has 0 radical (unpaired) electrons. The van der Waals surface area contributed by atoms with Crippen LogP contribution in [0.1, 0.15) is 37.3 Å². The van der Waals surface area contributed by atoms with Crippen LogP contribution < -0.4 is 10.6 Å². The van der Waals surface area contributed by atoms with E-state index in [1.165, 1.54) is 0 Å². The SMILES string of the molecule is C#CCC(NC(=O)OCC1c2ccccc2-c2ccccc21)C(=O)NC(C(=O)O)C(C)C. The molecule has 0 saturated heterocycles. The van der Waals surface area contributed by atoms with Gasteiger partial charge in [-0.25, -0.2) is 9.59 Å². The van der Waals surface area contributed by atoms with Gasteiger partial charge in [0.05, 0.1) is 0 Å². The topological polar surface area (TPSA) is 105 Å². The third kappa shape index (κ3) is 4.92. The first-order valence-electron chi connectivity index (χ1n) is 10.4. The van der Waals surface area contributed by atoms with E-state index in [9.17, 15) is 19.5 Å². The second-order valence-electron chi connectivity index (χ2n) is 8.00. The second kappa shape index (κ2) is 10.0. The number of terminal acetylenes is 1. The van der Waals surface area contributed by atoms with Gasteiger partial charge in [-0.2, -0.15) is 0 Å². The van der Waals surface area contributed by atoms with Crippen molar-refractivity contribution in [3.05, 3.63) is 59.7 Å². The van der Waals surface area contributed by atoms with Crippen molar-refractivity contribution in [3.8, 4) is 23.5 Å². The molecule has 3 N–H and O–H groups in total. The summed E-state index contributed by atoms with van der Waals surface area (Å²) < 4.78 is 5.45. The first-order chi connectivity index (χ1) is 15.3. The third-order valence-electron chi connectivity index (χ3n) is 5.50. The number of carbonyl (C=O) groups is 3. The molecule has 1 aliphatic rings. The van der Waals surface area contributed by atoms with E-state index in [2.05, 4.69) is 16.6 Å². The van der Waals surface area contributed by atoms with Crippen molar-refractivity contribution in [3.63, 3.8) is 0 Å². The number of fused-ring (bicyclic) bond motifs is 3. The average Bonchev–Trinajstić information content (AvgIpc) is 3.09. The maximum Gasteiger partial charge on any atom is 0.407 e. The van der Waals surface area contributed by atoms with Crippen LogP contribution in [-0.2, 0) is 14.3 Å². The van der Waals surface area contributed by atoms with Crippen LogP contribution in [-0.4, -0.2) is 41.8 Å². The van der Waals surface area contributed by atoms with Gasteiger partial charge in [-0.1, -0.05) is 62.4 Å². The number of benzene rings is 2. The Morgan fingerprint density at radius 2 is 1.59 bits per heavy atom. The van der Waals surface area contributed by atoms with Gasteiger partial charge >= 0.3 is 12.1 Å². The smallest absolute Gasteiger partial charge is 0.407 e. The van der Waals surface area contributed by atoms with E-state index in [1.54, 1.807) is 13.8 Å². The van der Waals surface area contributed by atoms with Gasteiger partial charge in [0.2, 0.25) is 5.91 Å². The fourth-order valence-electron chi connectivity index (χ4n) is 3.88. The minimum Gasteiger partial charge on any atom is -0.480 e. The van der Waals surface area contributed by atoms with Crippen molar-refractivity contribution in [1.82, 2.24) is 10.6 Å². The Bertz CT molecular complexity index is 1010. The number of hydrogen-bond donors (Lipinski definition) is 3. The number of alkyl carbamates (subject to hydrolysis) is 1. The van der Waals surface area contributed by atoms with Crippen molar-refractivity contribution in [1.29, 1.82) is 0 Å². The molecular weight excluding hydrogens is 408 g/mol. The zero-order valence-electron chi connectivity index (χ0n) is 18.0. The minimum absolute atomic E-state index is 0.0913. The highest BCUT2D eigenvalue weighted by Crippen LogP contribution is 2.44. The number of rotatable bonds is 8. The number of carbonyl (C=O) groups excluding carboxylic acids is 2. The number of amides is 2. The largest absolute Gasteiger partial charge is 0.480 e. The molecule has 2 unspecified atom stereocenters. The molecule has 1 aliphatic carbocycles. The zero-order chi connectivity index (χ0) is 23.3. The Hall–Kier alpha value is -3.79. The average molecular weight is 434 g/mol. The van der Waals surface area contributed by atoms with Crippen molar-refractivity contribution in [2.45, 2.75) is 38.3 Å². The van der Waals surface area contributed by atoms with Crippen LogP contribution in [0.5, 0.6) is 0 Å². The molecule has 2 atom stereocenters. The number of carboxylic acid groups (broad SMARTS) is 1.